The van der Waals surface area contributed by atoms with Crippen molar-refractivity contribution >= 4 is 34.1 Å². The van der Waals surface area contributed by atoms with Crippen molar-refractivity contribution in [2.75, 3.05) is 9.80 Å². The Labute approximate surface area is 417 Å². The quantitative estimate of drug-likeness (QED) is 0.0898. The molecule has 0 spiro atoms. The normalized spacial score (nSPS) is 16.3. The van der Waals surface area contributed by atoms with E-state index in [1.807, 2.05) is 0 Å². The van der Waals surface area contributed by atoms with E-state index in [0.29, 0.717) is 0 Å². The molecule has 0 heterocycles. The Kier molecular flexibility index (Phi) is 12.6. The molecule has 0 aromatic heterocycles. The Hall–Kier alpha value is -7.42. The Morgan fingerprint density at radius 2 is 0.529 bits per heavy atom. The van der Waals surface area contributed by atoms with E-state index >= 15 is 0 Å². The maximum atomic E-state index is 2.63. The van der Waals surface area contributed by atoms with Crippen LogP contribution in [0.3, 0.4) is 0 Å². The van der Waals surface area contributed by atoms with Crippen LogP contribution in [0.25, 0.3) is 0 Å². The van der Waals surface area contributed by atoms with E-state index in [9.17, 15) is 0 Å². The van der Waals surface area contributed by atoms with Crippen molar-refractivity contribution < 1.29 is 0 Å². The van der Waals surface area contributed by atoms with E-state index in [4.69, 9.17) is 0 Å². The number of rotatable bonds is 17. The van der Waals surface area contributed by atoms with E-state index in [1.54, 1.807) is 0 Å². The van der Waals surface area contributed by atoms with Gasteiger partial charge in [-0.1, -0.05) is 192 Å². The summed E-state index contributed by atoms with van der Waals surface area (Å²) in [5, 5.41) is 0. The van der Waals surface area contributed by atoms with Gasteiger partial charge < -0.3 is 9.80 Å². The van der Waals surface area contributed by atoms with Gasteiger partial charge in [-0.25, -0.2) is 0 Å². The van der Waals surface area contributed by atoms with Gasteiger partial charge in [-0.2, -0.15) is 0 Å². The molecule has 3 aliphatic rings. The number of unbranched alkanes of at least 4 members (excludes halogenated alkanes) is 3. The molecule has 2 bridgehead atoms. The maximum Gasteiger partial charge on any atom is 0.0711 e. The van der Waals surface area contributed by atoms with Gasteiger partial charge in [0, 0.05) is 34.1 Å². The second kappa shape index (κ2) is 19.5. The predicted molar refractivity (Wildman–Crippen MR) is 295 cm³/mol. The van der Waals surface area contributed by atoms with Crippen molar-refractivity contribution in [3.8, 4) is 0 Å². The van der Waals surface area contributed by atoms with Crippen LogP contribution in [0.15, 0.2) is 224 Å². The highest BCUT2D eigenvalue weighted by Gasteiger charge is 2.60. The standard InChI is InChI=1S/C68H64N2/c1-4-7-22-50-35-46-63-64(47-50)67(53-36-40-59(41-37-53)69(55-25-14-10-15-26-55)56-27-16-11-17-28-56)61-44-33-51(23-8-5-2)48-65(61)68(63,66-49-52(24-9-6-3)34-45-62(66)67)54-38-42-60(43-39-54)70(57-29-18-12-19-30-57)58-31-20-13-21-32-58/h10-21,25-49H,4-9,22-24H2,1-3H3. The van der Waals surface area contributed by atoms with E-state index in [0.717, 1.165) is 91.9 Å². The molecule has 0 amide bonds. The lowest BCUT2D eigenvalue weighted by Gasteiger charge is -2.57. The fourth-order valence-corrected chi connectivity index (χ4v) is 12.0. The zero-order chi connectivity index (χ0) is 47.5. The minimum absolute atomic E-state index is 0.545. The third-order valence-corrected chi connectivity index (χ3v) is 15.3. The molecule has 70 heavy (non-hydrogen) atoms. The fourth-order valence-electron chi connectivity index (χ4n) is 12.0. The molecule has 2 heteroatoms. The van der Waals surface area contributed by atoms with Crippen LogP contribution in [-0.2, 0) is 30.1 Å². The minimum Gasteiger partial charge on any atom is -0.311 e. The second-order valence-electron chi connectivity index (χ2n) is 19.6. The van der Waals surface area contributed by atoms with Gasteiger partial charge >= 0.3 is 0 Å². The average Bonchev–Trinajstić information content (AvgIpc) is 3.44. The Bertz CT molecular complexity index is 3050. The zero-order valence-electron chi connectivity index (χ0n) is 41.1. The molecule has 9 aromatic rings. The lowest BCUT2D eigenvalue weighted by molar-refractivity contribution is 0.553. The summed E-state index contributed by atoms with van der Waals surface area (Å²) in [6.45, 7) is 6.94. The summed E-state index contributed by atoms with van der Waals surface area (Å²) in [5.74, 6) is 0. The maximum absolute atomic E-state index is 2.63. The molecule has 12 rings (SSSR count). The molecule has 0 fully saturated rings. The molecular formula is C68H64N2. The summed E-state index contributed by atoms with van der Waals surface area (Å²) in [6.07, 6.45) is 10.2. The number of hydrogen-bond acceptors (Lipinski definition) is 2. The van der Waals surface area contributed by atoms with Gasteiger partial charge in [0.1, 0.15) is 0 Å². The van der Waals surface area contributed by atoms with Crippen molar-refractivity contribution in [3.63, 3.8) is 0 Å². The van der Waals surface area contributed by atoms with Crippen LogP contribution in [0.2, 0.25) is 0 Å². The molecule has 0 aliphatic heterocycles. The van der Waals surface area contributed by atoms with Gasteiger partial charge in [0.2, 0.25) is 0 Å². The van der Waals surface area contributed by atoms with Crippen molar-refractivity contribution in [3.05, 3.63) is 286 Å². The van der Waals surface area contributed by atoms with Crippen LogP contribution in [0, 0.1) is 0 Å². The van der Waals surface area contributed by atoms with Gasteiger partial charge in [0.15, 0.2) is 0 Å². The minimum atomic E-state index is -0.546. The largest absolute Gasteiger partial charge is 0.311 e. The summed E-state index contributed by atoms with van der Waals surface area (Å²) >= 11 is 0. The van der Waals surface area contributed by atoms with E-state index in [1.165, 1.54) is 61.2 Å². The number of para-hydroxylation sites is 4. The van der Waals surface area contributed by atoms with Crippen LogP contribution in [-0.4, -0.2) is 0 Å². The first-order valence-corrected chi connectivity index (χ1v) is 26.0. The molecule has 0 saturated carbocycles. The number of nitrogens with zero attached hydrogens (tertiary/aromatic N) is 2. The average molecular weight is 909 g/mol. The third kappa shape index (κ3) is 7.66. The molecular weight excluding hydrogens is 845 g/mol. The Morgan fingerprint density at radius 1 is 0.271 bits per heavy atom. The van der Waals surface area contributed by atoms with E-state index in [2.05, 4.69) is 255 Å². The SMILES string of the molecule is CCCCc1ccc2c(c1)C1(c3ccc(N(c4ccccc4)c4ccccc4)cc3)c3ccc(CCCC)cc3C2(c2ccc(N(c3ccccc3)c3ccccc3)cc2)c2cc(CCCC)ccc21. The number of hydrogen-bond donors (Lipinski definition) is 0. The van der Waals surface area contributed by atoms with Crippen molar-refractivity contribution in [2.45, 2.75) is 89.4 Å². The Morgan fingerprint density at radius 3 is 0.800 bits per heavy atom. The molecule has 0 radical (unpaired) electrons. The molecule has 2 nitrogen and oxygen atoms in total. The van der Waals surface area contributed by atoms with E-state index in [-0.39, 0.29) is 0 Å². The summed E-state index contributed by atoms with van der Waals surface area (Å²) in [5.41, 5.74) is 21.1. The summed E-state index contributed by atoms with van der Waals surface area (Å²) < 4.78 is 0. The van der Waals surface area contributed by atoms with Crippen LogP contribution in [0.5, 0.6) is 0 Å². The molecule has 0 unspecified atom stereocenters. The molecule has 0 atom stereocenters. The highest BCUT2D eigenvalue weighted by Crippen LogP contribution is 2.67. The Balaban J connectivity index is 1.18. The highest BCUT2D eigenvalue weighted by atomic mass is 15.1. The third-order valence-electron chi connectivity index (χ3n) is 15.3. The zero-order valence-corrected chi connectivity index (χ0v) is 41.1. The van der Waals surface area contributed by atoms with Crippen LogP contribution in [0.4, 0.5) is 34.1 Å². The predicted octanol–water partition coefficient (Wildman–Crippen LogP) is 18.0. The fraction of sp³-hybridized carbons (Fsp3) is 0.206. The van der Waals surface area contributed by atoms with Crippen molar-refractivity contribution in [1.29, 1.82) is 0 Å². The smallest absolute Gasteiger partial charge is 0.0711 e. The first-order chi connectivity index (χ1) is 34.6. The first kappa shape index (κ1) is 45.0. The van der Waals surface area contributed by atoms with Gasteiger partial charge in [0.05, 0.1) is 10.8 Å². The van der Waals surface area contributed by atoms with Gasteiger partial charge in [0.25, 0.3) is 0 Å². The first-order valence-electron chi connectivity index (χ1n) is 26.0. The summed E-state index contributed by atoms with van der Waals surface area (Å²) in [4.78, 5) is 4.77. The van der Waals surface area contributed by atoms with Gasteiger partial charge in [-0.15, -0.1) is 0 Å². The van der Waals surface area contributed by atoms with Gasteiger partial charge in [-0.3, -0.25) is 0 Å². The lowest BCUT2D eigenvalue weighted by Crippen LogP contribution is -2.52. The monoisotopic (exact) mass is 909 g/mol. The number of benzene rings is 9. The molecule has 0 N–H and O–H groups in total. The number of anilines is 6. The van der Waals surface area contributed by atoms with E-state index < -0.39 is 10.8 Å². The topological polar surface area (TPSA) is 6.48 Å². The van der Waals surface area contributed by atoms with Crippen LogP contribution >= 0.6 is 0 Å². The summed E-state index contributed by atoms with van der Waals surface area (Å²) in [6, 6.07) is 85.4. The van der Waals surface area contributed by atoms with Crippen LogP contribution < -0.4 is 9.80 Å². The molecule has 3 aliphatic carbocycles. The van der Waals surface area contributed by atoms with Crippen LogP contribution in [0.1, 0.15) is 120 Å². The molecule has 0 saturated heterocycles. The molecule has 346 valence electrons. The lowest BCUT2D eigenvalue weighted by atomic mass is 9.44. The van der Waals surface area contributed by atoms with Crippen molar-refractivity contribution in [1.82, 2.24) is 0 Å². The molecule has 9 aromatic carbocycles. The number of aryl methyl sites for hydroxylation is 3. The van der Waals surface area contributed by atoms with Crippen molar-refractivity contribution in [2.24, 2.45) is 0 Å². The summed E-state index contributed by atoms with van der Waals surface area (Å²) in [7, 11) is 0. The second-order valence-corrected chi connectivity index (χ2v) is 19.6. The van der Waals surface area contributed by atoms with Gasteiger partial charge in [-0.05, 0) is 173 Å². The highest BCUT2D eigenvalue weighted by molar-refractivity contribution is 5.85.